The van der Waals surface area contributed by atoms with Crippen LogP contribution in [0, 0.1) is 6.92 Å². The van der Waals surface area contributed by atoms with E-state index in [0.29, 0.717) is 0 Å². The largest absolute Gasteiger partial charge is 0.497 e. The van der Waals surface area contributed by atoms with Crippen molar-refractivity contribution < 1.29 is 23.7 Å². The Bertz CT molecular complexity index is 1510. The molecule has 0 aliphatic heterocycles. The van der Waals surface area contributed by atoms with Crippen LogP contribution in [0.3, 0.4) is 0 Å². The Kier molecular flexibility index (Phi) is 6.38. The Hall–Kier alpha value is -4.12. The molecule has 4 aromatic carbocycles. The summed E-state index contributed by atoms with van der Waals surface area (Å²) in [5.41, 5.74) is 8.65. The summed E-state index contributed by atoms with van der Waals surface area (Å²) in [6, 6.07) is 25.8. The number of hydrogen-bond donors (Lipinski definition) is 0. The first-order valence-corrected chi connectivity index (χ1v) is 13.2. The van der Waals surface area contributed by atoms with E-state index in [-0.39, 0.29) is 23.7 Å². The molecule has 0 saturated carbocycles. The molecule has 0 amide bonds. The van der Waals surface area contributed by atoms with Crippen molar-refractivity contribution in [3.63, 3.8) is 0 Å². The molecule has 0 unspecified atom stereocenters. The van der Waals surface area contributed by atoms with Gasteiger partial charge in [-0.3, -0.25) is 0 Å². The van der Waals surface area contributed by atoms with Crippen LogP contribution in [0.25, 0.3) is 0 Å². The maximum Gasteiger partial charge on any atom is 0.126 e. The molecule has 0 radical (unpaired) electrons. The van der Waals surface area contributed by atoms with Gasteiger partial charge in [-0.05, 0) is 53.4 Å². The Labute approximate surface area is 230 Å². The SMILES string of the molecule is COc1ccc([C@@H]2c3c(OC)cc(OC)cc3[C@H]3[C@H](c4ccc(C)cc4)c4c(OC)cc(OC)cc4[C@@H]23)cc1. The minimum absolute atomic E-state index is 0.0581. The first kappa shape index (κ1) is 25.2. The molecule has 0 heterocycles. The number of hydrogen-bond acceptors (Lipinski definition) is 5. The van der Waals surface area contributed by atoms with Crippen LogP contribution in [-0.4, -0.2) is 35.5 Å². The smallest absolute Gasteiger partial charge is 0.126 e. The van der Waals surface area contributed by atoms with Gasteiger partial charge in [0.1, 0.15) is 28.7 Å². The van der Waals surface area contributed by atoms with Crippen LogP contribution in [0.5, 0.6) is 28.7 Å². The van der Waals surface area contributed by atoms with Gasteiger partial charge in [0.15, 0.2) is 0 Å². The fourth-order valence-electron chi connectivity index (χ4n) is 6.89. The van der Waals surface area contributed by atoms with Crippen molar-refractivity contribution in [1.82, 2.24) is 0 Å². The number of fused-ring (bicyclic) bond motifs is 5. The normalized spacial score (nSPS) is 20.6. The third-order valence-electron chi connectivity index (χ3n) is 8.56. The monoisotopic (exact) mass is 522 g/mol. The van der Waals surface area contributed by atoms with Crippen LogP contribution in [0.4, 0.5) is 0 Å². The van der Waals surface area contributed by atoms with Crippen LogP contribution in [-0.2, 0) is 0 Å². The van der Waals surface area contributed by atoms with E-state index < -0.39 is 0 Å². The van der Waals surface area contributed by atoms with Crippen molar-refractivity contribution in [2.75, 3.05) is 35.5 Å². The molecule has 2 aliphatic carbocycles. The fraction of sp³-hybridized carbons (Fsp3) is 0.294. The molecule has 0 aromatic heterocycles. The molecular formula is C34H34O5. The van der Waals surface area contributed by atoms with Gasteiger partial charge < -0.3 is 23.7 Å². The van der Waals surface area contributed by atoms with Crippen molar-refractivity contribution in [2.45, 2.75) is 30.6 Å². The lowest BCUT2D eigenvalue weighted by Crippen LogP contribution is -2.10. The molecule has 0 spiro atoms. The van der Waals surface area contributed by atoms with Gasteiger partial charge in [-0.1, -0.05) is 42.0 Å². The zero-order chi connectivity index (χ0) is 27.3. The Morgan fingerprint density at radius 1 is 0.462 bits per heavy atom. The highest BCUT2D eigenvalue weighted by Gasteiger charge is 2.54. The zero-order valence-corrected chi connectivity index (χ0v) is 23.3. The van der Waals surface area contributed by atoms with Crippen LogP contribution < -0.4 is 23.7 Å². The Morgan fingerprint density at radius 3 is 1.26 bits per heavy atom. The van der Waals surface area contributed by atoms with Gasteiger partial charge >= 0.3 is 0 Å². The average Bonchev–Trinajstić information content (AvgIpc) is 3.49. The van der Waals surface area contributed by atoms with Gasteiger partial charge in [-0.25, -0.2) is 0 Å². The second kappa shape index (κ2) is 9.88. The predicted molar refractivity (Wildman–Crippen MR) is 152 cm³/mol. The summed E-state index contributed by atoms with van der Waals surface area (Å²) in [6.07, 6.45) is 0. The second-order valence-corrected chi connectivity index (χ2v) is 10.4. The maximum atomic E-state index is 6.04. The van der Waals surface area contributed by atoms with Gasteiger partial charge in [-0.15, -0.1) is 0 Å². The highest BCUT2D eigenvalue weighted by atomic mass is 16.5. The standard InChI is InChI=1S/C34H34O5/c1-19-7-9-20(10-8-19)29-31-25(15-23(36-3)17-27(31)38-5)34-30(21-11-13-22(35-2)14-12-21)32-26(33(29)34)16-24(37-4)18-28(32)39-6/h7-18,29-30,33-34H,1-6H3/t29-,30-,33+,34+/m1/s1. The minimum atomic E-state index is 0.0581. The van der Waals surface area contributed by atoms with E-state index in [1.165, 1.54) is 38.9 Å². The Morgan fingerprint density at radius 2 is 0.872 bits per heavy atom. The zero-order valence-electron chi connectivity index (χ0n) is 23.3. The fourth-order valence-corrected chi connectivity index (χ4v) is 6.89. The van der Waals surface area contributed by atoms with E-state index in [1.807, 2.05) is 24.3 Å². The van der Waals surface area contributed by atoms with Crippen molar-refractivity contribution in [1.29, 1.82) is 0 Å². The van der Waals surface area contributed by atoms with Crippen molar-refractivity contribution >= 4 is 0 Å². The number of rotatable bonds is 7. The summed E-state index contributed by atoms with van der Waals surface area (Å²) in [6.45, 7) is 2.13. The first-order chi connectivity index (χ1) is 19.0. The van der Waals surface area contributed by atoms with Crippen molar-refractivity contribution in [3.05, 3.63) is 112 Å². The molecule has 4 atom stereocenters. The summed E-state index contributed by atoms with van der Waals surface area (Å²) in [7, 11) is 8.61. The van der Waals surface area contributed by atoms with E-state index >= 15 is 0 Å². The molecule has 39 heavy (non-hydrogen) atoms. The van der Waals surface area contributed by atoms with Crippen LogP contribution in [0.15, 0.2) is 72.8 Å². The number of ether oxygens (including phenoxy) is 5. The lowest BCUT2D eigenvalue weighted by Gasteiger charge is -2.24. The van der Waals surface area contributed by atoms with Gasteiger partial charge in [0.05, 0.1) is 35.5 Å². The molecule has 0 fully saturated rings. The maximum absolute atomic E-state index is 6.04. The van der Waals surface area contributed by atoms with Crippen LogP contribution in [0.2, 0.25) is 0 Å². The summed E-state index contributed by atoms with van der Waals surface area (Å²) < 4.78 is 29.1. The van der Waals surface area contributed by atoms with Crippen LogP contribution >= 0.6 is 0 Å². The predicted octanol–water partition coefficient (Wildman–Crippen LogP) is 7.20. The van der Waals surface area contributed by atoms with E-state index in [0.717, 1.165) is 28.7 Å². The number of aryl methyl sites for hydroxylation is 1. The van der Waals surface area contributed by atoms with Crippen LogP contribution in [0.1, 0.15) is 62.6 Å². The Balaban J connectivity index is 1.68. The molecule has 5 heteroatoms. The lowest BCUT2D eigenvalue weighted by molar-refractivity contribution is 0.388. The summed E-state index contributed by atoms with van der Waals surface area (Å²) in [5.74, 6) is 4.56. The molecule has 6 rings (SSSR count). The molecule has 0 N–H and O–H groups in total. The van der Waals surface area contributed by atoms with Gasteiger partial charge in [-0.2, -0.15) is 0 Å². The highest BCUT2D eigenvalue weighted by Crippen LogP contribution is 2.69. The van der Waals surface area contributed by atoms with Crippen molar-refractivity contribution in [3.8, 4) is 28.7 Å². The second-order valence-electron chi connectivity index (χ2n) is 10.4. The number of methoxy groups -OCH3 is 5. The molecular weight excluding hydrogens is 488 g/mol. The third kappa shape index (κ3) is 3.91. The molecule has 0 bridgehead atoms. The van der Waals surface area contributed by atoms with Crippen molar-refractivity contribution in [2.24, 2.45) is 0 Å². The average molecular weight is 523 g/mol. The molecule has 4 aromatic rings. The van der Waals surface area contributed by atoms with Gasteiger partial charge in [0, 0.05) is 46.9 Å². The third-order valence-corrected chi connectivity index (χ3v) is 8.56. The van der Waals surface area contributed by atoms with Gasteiger partial charge in [0.2, 0.25) is 0 Å². The van der Waals surface area contributed by atoms with E-state index in [1.54, 1.807) is 35.5 Å². The summed E-state index contributed by atoms with van der Waals surface area (Å²) >= 11 is 0. The summed E-state index contributed by atoms with van der Waals surface area (Å²) in [4.78, 5) is 0. The first-order valence-electron chi connectivity index (χ1n) is 13.2. The molecule has 5 nitrogen and oxygen atoms in total. The minimum Gasteiger partial charge on any atom is -0.497 e. The molecule has 2 aliphatic rings. The topological polar surface area (TPSA) is 46.2 Å². The summed E-state index contributed by atoms with van der Waals surface area (Å²) in [5, 5.41) is 0. The highest BCUT2D eigenvalue weighted by molar-refractivity contribution is 5.68. The van der Waals surface area contributed by atoms with E-state index in [4.69, 9.17) is 23.7 Å². The molecule has 200 valence electrons. The quantitative estimate of drug-likeness (QED) is 0.257. The lowest BCUT2D eigenvalue weighted by atomic mass is 9.79. The van der Waals surface area contributed by atoms with E-state index in [9.17, 15) is 0 Å². The van der Waals surface area contributed by atoms with E-state index in [2.05, 4.69) is 55.5 Å². The molecule has 0 saturated heterocycles. The van der Waals surface area contributed by atoms with Gasteiger partial charge in [0.25, 0.3) is 0 Å². The number of benzene rings is 4.